The Morgan fingerprint density at radius 3 is 3.07 bits per heavy atom. The fraction of sp³-hybridized carbons (Fsp3) is 0.421. The Balaban J connectivity index is 1.44. The van der Waals surface area contributed by atoms with Crippen molar-refractivity contribution in [1.82, 2.24) is 24.6 Å². The molecule has 1 aliphatic carbocycles. The van der Waals surface area contributed by atoms with E-state index in [2.05, 4.69) is 48.3 Å². The third-order valence-corrected chi connectivity index (χ3v) is 6.02. The van der Waals surface area contributed by atoms with Gasteiger partial charge in [0.05, 0.1) is 18.4 Å². The van der Waals surface area contributed by atoms with E-state index >= 15 is 0 Å². The lowest BCUT2D eigenvalue weighted by Gasteiger charge is -2.21. The third-order valence-electron chi connectivity index (χ3n) is 5.40. The van der Waals surface area contributed by atoms with Crippen molar-refractivity contribution in [2.45, 2.75) is 38.3 Å². The summed E-state index contributed by atoms with van der Waals surface area (Å²) in [7, 11) is 1.48. The van der Waals surface area contributed by atoms with E-state index in [4.69, 9.17) is 4.74 Å². The minimum atomic E-state index is -0.316. The van der Waals surface area contributed by atoms with E-state index in [-0.39, 0.29) is 24.1 Å². The summed E-state index contributed by atoms with van der Waals surface area (Å²) in [6.07, 6.45) is 5.97. The Labute approximate surface area is 177 Å². The summed E-state index contributed by atoms with van der Waals surface area (Å²) in [5.41, 5.74) is 2.04. The van der Waals surface area contributed by atoms with Crippen LogP contribution in [0.1, 0.15) is 31.7 Å². The SMILES string of the molecule is CC[C@@H]1CC(NC(=O)Nc2nc(OC)ns2)C[C@@H]1Nc1c(C#N)cnc2[nH]ccc12. The second-order valence-electron chi connectivity index (χ2n) is 7.17. The first kappa shape index (κ1) is 19.9. The number of aromatic amines is 1. The van der Waals surface area contributed by atoms with Crippen molar-refractivity contribution < 1.29 is 9.53 Å². The predicted molar refractivity (Wildman–Crippen MR) is 114 cm³/mol. The van der Waals surface area contributed by atoms with Crippen LogP contribution in [-0.2, 0) is 0 Å². The first-order chi connectivity index (χ1) is 14.6. The minimum absolute atomic E-state index is 0.0105. The Hall–Kier alpha value is -3.39. The van der Waals surface area contributed by atoms with Gasteiger partial charge in [0.15, 0.2) is 0 Å². The number of hydrogen-bond acceptors (Lipinski definition) is 8. The van der Waals surface area contributed by atoms with Crippen LogP contribution in [0.25, 0.3) is 11.0 Å². The van der Waals surface area contributed by atoms with E-state index in [0.717, 1.165) is 47.5 Å². The molecule has 0 aliphatic heterocycles. The van der Waals surface area contributed by atoms with Gasteiger partial charge in [0.25, 0.3) is 0 Å². The van der Waals surface area contributed by atoms with Gasteiger partial charge in [-0.15, -0.1) is 4.37 Å². The predicted octanol–water partition coefficient (Wildman–Crippen LogP) is 3.09. The number of carbonyl (C=O) groups is 1. The van der Waals surface area contributed by atoms with E-state index in [1.54, 1.807) is 6.20 Å². The molecule has 0 saturated heterocycles. The van der Waals surface area contributed by atoms with E-state index in [0.29, 0.717) is 16.6 Å². The molecule has 156 valence electrons. The van der Waals surface area contributed by atoms with Gasteiger partial charge in [-0.1, -0.05) is 13.3 Å². The molecule has 4 N–H and O–H groups in total. The normalized spacial score (nSPS) is 20.6. The van der Waals surface area contributed by atoms with Gasteiger partial charge in [-0.2, -0.15) is 10.2 Å². The van der Waals surface area contributed by atoms with Crippen LogP contribution in [0.15, 0.2) is 18.5 Å². The van der Waals surface area contributed by atoms with Crippen LogP contribution in [-0.4, -0.2) is 44.6 Å². The molecule has 1 fully saturated rings. The second-order valence-corrected chi connectivity index (χ2v) is 7.92. The number of amides is 2. The van der Waals surface area contributed by atoms with Gasteiger partial charge >= 0.3 is 12.0 Å². The maximum atomic E-state index is 12.4. The molecule has 0 bridgehead atoms. The number of pyridine rings is 1. The van der Waals surface area contributed by atoms with Crippen molar-refractivity contribution in [3.8, 4) is 12.1 Å². The molecule has 1 aliphatic rings. The van der Waals surface area contributed by atoms with Crippen molar-refractivity contribution in [2.75, 3.05) is 17.7 Å². The van der Waals surface area contributed by atoms with Crippen LogP contribution in [0.4, 0.5) is 15.6 Å². The number of anilines is 2. The van der Waals surface area contributed by atoms with Gasteiger partial charge in [0.1, 0.15) is 11.7 Å². The number of carbonyl (C=O) groups excluding carboxylic acids is 1. The molecular formula is C19H22N8O2S. The number of hydrogen-bond donors (Lipinski definition) is 4. The first-order valence-electron chi connectivity index (χ1n) is 9.69. The molecule has 0 spiro atoms. The average molecular weight is 427 g/mol. The fourth-order valence-electron chi connectivity index (χ4n) is 3.97. The molecule has 3 heterocycles. The molecule has 3 aromatic heterocycles. The second kappa shape index (κ2) is 8.54. The topological polar surface area (TPSA) is 141 Å². The largest absolute Gasteiger partial charge is 0.466 e. The van der Waals surface area contributed by atoms with Crippen LogP contribution >= 0.6 is 11.5 Å². The quantitative estimate of drug-likeness (QED) is 0.475. The number of ether oxygens (including phenoxy) is 1. The molecular weight excluding hydrogens is 404 g/mol. The smallest absolute Gasteiger partial charge is 0.329 e. The van der Waals surface area contributed by atoms with Gasteiger partial charge in [-0.05, 0) is 24.8 Å². The molecule has 10 nitrogen and oxygen atoms in total. The summed E-state index contributed by atoms with van der Waals surface area (Å²) in [5, 5.41) is 20.1. The van der Waals surface area contributed by atoms with Crippen molar-refractivity contribution in [1.29, 1.82) is 5.26 Å². The fourth-order valence-corrected chi connectivity index (χ4v) is 4.50. The first-order valence-corrected chi connectivity index (χ1v) is 10.5. The van der Waals surface area contributed by atoms with Crippen molar-refractivity contribution >= 4 is 39.4 Å². The number of fused-ring (bicyclic) bond motifs is 1. The Morgan fingerprint density at radius 1 is 1.47 bits per heavy atom. The minimum Gasteiger partial charge on any atom is -0.466 e. The number of nitrogens with zero attached hydrogens (tertiary/aromatic N) is 4. The van der Waals surface area contributed by atoms with Gasteiger partial charge < -0.3 is 20.4 Å². The zero-order valence-electron chi connectivity index (χ0n) is 16.6. The monoisotopic (exact) mass is 426 g/mol. The van der Waals surface area contributed by atoms with E-state index in [9.17, 15) is 10.1 Å². The van der Waals surface area contributed by atoms with Gasteiger partial charge in [0, 0.05) is 41.4 Å². The molecule has 0 aromatic carbocycles. The summed E-state index contributed by atoms with van der Waals surface area (Å²) in [4.78, 5) is 23.8. The van der Waals surface area contributed by atoms with Crippen LogP contribution in [0.2, 0.25) is 0 Å². The highest BCUT2D eigenvalue weighted by molar-refractivity contribution is 7.10. The maximum absolute atomic E-state index is 12.4. The summed E-state index contributed by atoms with van der Waals surface area (Å²) in [5.74, 6) is 0.366. The molecule has 1 saturated carbocycles. The van der Waals surface area contributed by atoms with Gasteiger partial charge in [-0.25, -0.2) is 9.78 Å². The number of urea groups is 1. The van der Waals surface area contributed by atoms with E-state index in [1.807, 2.05) is 12.3 Å². The number of nitrogens with one attached hydrogen (secondary N) is 4. The number of nitriles is 1. The van der Waals surface area contributed by atoms with Crippen LogP contribution in [0.3, 0.4) is 0 Å². The summed E-state index contributed by atoms with van der Waals surface area (Å²) in [6.45, 7) is 2.14. The zero-order chi connectivity index (χ0) is 21.1. The summed E-state index contributed by atoms with van der Waals surface area (Å²) in [6, 6.07) is 4.20. The molecule has 2 amide bonds. The highest BCUT2D eigenvalue weighted by Gasteiger charge is 2.34. The van der Waals surface area contributed by atoms with Crippen LogP contribution < -0.4 is 20.7 Å². The van der Waals surface area contributed by atoms with E-state index < -0.39 is 0 Å². The average Bonchev–Trinajstić information content (AvgIpc) is 3.47. The molecule has 3 atom stereocenters. The van der Waals surface area contributed by atoms with Crippen molar-refractivity contribution in [3.05, 3.63) is 24.0 Å². The van der Waals surface area contributed by atoms with Crippen LogP contribution in [0.5, 0.6) is 6.01 Å². The van der Waals surface area contributed by atoms with Crippen molar-refractivity contribution in [2.24, 2.45) is 5.92 Å². The maximum Gasteiger partial charge on any atom is 0.329 e. The summed E-state index contributed by atoms with van der Waals surface area (Å²) < 4.78 is 8.89. The lowest BCUT2D eigenvalue weighted by Crippen LogP contribution is -2.37. The van der Waals surface area contributed by atoms with E-state index in [1.165, 1.54) is 7.11 Å². The molecule has 3 aromatic rings. The zero-order valence-corrected chi connectivity index (χ0v) is 17.4. The lowest BCUT2D eigenvalue weighted by molar-refractivity contribution is 0.248. The molecule has 4 rings (SSSR count). The highest BCUT2D eigenvalue weighted by atomic mass is 32.1. The Morgan fingerprint density at radius 2 is 2.33 bits per heavy atom. The molecule has 1 unspecified atom stereocenters. The summed E-state index contributed by atoms with van der Waals surface area (Å²) >= 11 is 1.06. The molecule has 30 heavy (non-hydrogen) atoms. The third kappa shape index (κ3) is 3.99. The molecule has 11 heteroatoms. The van der Waals surface area contributed by atoms with Gasteiger partial charge in [0.2, 0.25) is 5.13 Å². The molecule has 0 radical (unpaired) electrons. The number of rotatable bonds is 6. The number of H-pyrrole nitrogens is 1. The standard InChI is InChI=1S/C19H22N8O2S/c1-3-10-6-12(23-17(28)25-19-26-18(29-2)27-30-19)7-14(10)24-15-11(8-20)9-22-16-13(15)4-5-21-16/h4-5,9-10,12,14H,3,6-7H2,1-2H3,(H2,21,22,24)(H2,23,25,26,27,28)/t10-,12?,14+/m1/s1. The Kier molecular flexibility index (Phi) is 5.67. The lowest BCUT2D eigenvalue weighted by atomic mass is 9.99. The Bertz CT molecular complexity index is 1090. The van der Waals surface area contributed by atoms with Crippen LogP contribution in [0, 0.1) is 17.2 Å². The number of aromatic nitrogens is 4. The highest BCUT2D eigenvalue weighted by Crippen LogP contribution is 2.34. The van der Waals surface area contributed by atoms with Crippen molar-refractivity contribution in [3.63, 3.8) is 0 Å². The van der Waals surface area contributed by atoms with Gasteiger partial charge in [-0.3, -0.25) is 5.32 Å². The number of methoxy groups -OCH3 is 1.